The van der Waals surface area contributed by atoms with E-state index in [1.165, 1.54) is 16.9 Å². The van der Waals surface area contributed by atoms with E-state index in [0.29, 0.717) is 18.2 Å². The van der Waals surface area contributed by atoms with E-state index < -0.39 is 0 Å². The molecule has 2 aliphatic heterocycles. The summed E-state index contributed by atoms with van der Waals surface area (Å²) in [6.45, 7) is 1.69. The Labute approximate surface area is 178 Å². The minimum Gasteiger partial charge on any atom is -0.493 e. The Morgan fingerprint density at radius 1 is 1.23 bits per heavy atom. The maximum Gasteiger partial charge on any atom is 0.231 e. The minimum absolute atomic E-state index is 0.0131. The molecule has 0 aliphatic carbocycles. The molecule has 0 radical (unpaired) electrons. The number of anilines is 1. The van der Waals surface area contributed by atoms with Gasteiger partial charge in [0.15, 0.2) is 5.13 Å². The van der Waals surface area contributed by atoms with Gasteiger partial charge in [-0.15, -0.1) is 11.3 Å². The fourth-order valence-corrected chi connectivity index (χ4v) is 4.64. The Hall–Kier alpha value is -3.19. The fourth-order valence-electron chi connectivity index (χ4n) is 3.92. The van der Waals surface area contributed by atoms with Gasteiger partial charge in [-0.1, -0.05) is 30.3 Å². The number of fused-ring (bicyclic) bond motifs is 1. The molecule has 3 aromatic rings. The number of rotatable bonds is 5. The van der Waals surface area contributed by atoms with Crippen LogP contribution in [0.5, 0.6) is 5.75 Å². The van der Waals surface area contributed by atoms with Crippen LogP contribution in [0.2, 0.25) is 0 Å². The zero-order valence-electron chi connectivity index (χ0n) is 16.3. The van der Waals surface area contributed by atoms with Crippen molar-refractivity contribution >= 4 is 28.3 Å². The number of carbonyl (C=O) groups excluding carboxylic acids is 2. The van der Waals surface area contributed by atoms with Crippen LogP contribution >= 0.6 is 11.3 Å². The topological polar surface area (TPSA) is 71.5 Å². The zero-order chi connectivity index (χ0) is 20.5. The lowest BCUT2D eigenvalue weighted by molar-refractivity contribution is -0.128. The molecule has 7 heteroatoms. The van der Waals surface area contributed by atoms with Gasteiger partial charge in [-0.25, -0.2) is 4.98 Å². The number of benzene rings is 2. The summed E-state index contributed by atoms with van der Waals surface area (Å²) >= 11 is 1.40. The summed E-state index contributed by atoms with van der Waals surface area (Å²) in [6, 6.07) is 15.9. The predicted molar refractivity (Wildman–Crippen MR) is 115 cm³/mol. The van der Waals surface area contributed by atoms with Crippen LogP contribution in [0.15, 0.2) is 53.9 Å². The molecule has 0 bridgehead atoms. The lowest BCUT2D eigenvalue weighted by atomic mass is 10.1. The normalized spacial score (nSPS) is 17.7. The minimum atomic E-state index is -0.356. The second kappa shape index (κ2) is 7.91. The first-order valence-electron chi connectivity index (χ1n) is 10.00. The van der Waals surface area contributed by atoms with Crippen molar-refractivity contribution in [3.8, 4) is 17.0 Å². The van der Waals surface area contributed by atoms with Crippen LogP contribution in [-0.2, 0) is 22.6 Å². The highest BCUT2D eigenvalue weighted by Gasteiger charge is 2.34. The highest BCUT2D eigenvalue weighted by atomic mass is 32.1. The quantitative estimate of drug-likeness (QED) is 0.684. The van der Waals surface area contributed by atoms with E-state index in [1.807, 2.05) is 47.8 Å². The predicted octanol–water partition coefficient (Wildman–Crippen LogP) is 3.73. The van der Waals surface area contributed by atoms with Crippen molar-refractivity contribution in [1.29, 1.82) is 0 Å². The van der Waals surface area contributed by atoms with E-state index in [-0.39, 0.29) is 24.2 Å². The largest absolute Gasteiger partial charge is 0.493 e. The molecule has 2 aliphatic rings. The van der Waals surface area contributed by atoms with Crippen LogP contribution in [-0.4, -0.2) is 34.8 Å². The number of hydrogen-bond acceptors (Lipinski definition) is 5. The second-order valence-corrected chi connectivity index (χ2v) is 8.47. The van der Waals surface area contributed by atoms with Crippen molar-refractivity contribution in [2.45, 2.75) is 19.4 Å². The van der Waals surface area contributed by atoms with Crippen LogP contribution in [0.25, 0.3) is 11.3 Å². The molecule has 1 atom stereocenters. The summed E-state index contributed by atoms with van der Waals surface area (Å²) in [4.78, 5) is 31.4. The van der Waals surface area contributed by atoms with Crippen molar-refractivity contribution < 1.29 is 14.3 Å². The monoisotopic (exact) mass is 419 g/mol. The summed E-state index contributed by atoms with van der Waals surface area (Å²) in [6.07, 6.45) is 1.15. The molecule has 1 N–H and O–H groups in total. The van der Waals surface area contributed by atoms with Crippen molar-refractivity contribution in [2.24, 2.45) is 5.92 Å². The molecule has 3 heterocycles. The smallest absolute Gasteiger partial charge is 0.231 e. The van der Waals surface area contributed by atoms with Crippen molar-refractivity contribution in [1.82, 2.24) is 9.88 Å². The van der Waals surface area contributed by atoms with Gasteiger partial charge in [0.2, 0.25) is 11.8 Å². The van der Waals surface area contributed by atoms with Crippen molar-refractivity contribution in [3.63, 3.8) is 0 Å². The lowest BCUT2D eigenvalue weighted by Gasteiger charge is -2.16. The van der Waals surface area contributed by atoms with Crippen molar-refractivity contribution in [2.75, 3.05) is 18.5 Å². The highest BCUT2D eigenvalue weighted by Crippen LogP contribution is 2.32. The number of ether oxygens (including phenoxy) is 1. The second-order valence-electron chi connectivity index (χ2n) is 7.61. The van der Waals surface area contributed by atoms with Crippen LogP contribution in [0, 0.1) is 5.92 Å². The average molecular weight is 420 g/mol. The number of hydrogen-bond donors (Lipinski definition) is 1. The first-order valence-corrected chi connectivity index (χ1v) is 10.9. The third-order valence-corrected chi connectivity index (χ3v) is 6.28. The first kappa shape index (κ1) is 18.8. The van der Waals surface area contributed by atoms with Gasteiger partial charge in [0, 0.05) is 36.9 Å². The van der Waals surface area contributed by atoms with Crippen LogP contribution < -0.4 is 10.1 Å². The summed E-state index contributed by atoms with van der Waals surface area (Å²) in [5.41, 5.74) is 4.10. The van der Waals surface area contributed by atoms with E-state index in [1.54, 1.807) is 4.90 Å². The van der Waals surface area contributed by atoms with E-state index in [2.05, 4.69) is 16.4 Å². The lowest BCUT2D eigenvalue weighted by Crippen LogP contribution is -2.28. The number of amides is 2. The molecule has 1 saturated heterocycles. The highest BCUT2D eigenvalue weighted by molar-refractivity contribution is 7.14. The van der Waals surface area contributed by atoms with E-state index in [0.717, 1.165) is 35.6 Å². The molecular weight excluding hydrogens is 398 g/mol. The Morgan fingerprint density at radius 3 is 2.97 bits per heavy atom. The standard InChI is InChI=1S/C23H21N3O3S/c27-21-11-18(13-26(21)12-15-4-2-1-3-5-15)22(28)25-23-24-19(14-30-23)16-6-7-20-17(10-16)8-9-29-20/h1-7,10,14,18H,8-9,11-13H2,(H,24,25,28)/t18-/m1/s1. The van der Waals surface area contributed by atoms with Gasteiger partial charge in [0.25, 0.3) is 0 Å². The third kappa shape index (κ3) is 3.80. The fraction of sp³-hybridized carbons (Fsp3) is 0.261. The molecule has 30 heavy (non-hydrogen) atoms. The summed E-state index contributed by atoms with van der Waals surface area (Å²) < 4.78 is 5.55. The molecule has 6 nitrogen and oxygen atoms in total. The number of likely N-dealkylation sites (tertiary alicyclic amines) is 1. The molecule has 0 spiro atoms. The van der Waals surface area contributed by atoms with E-state index >= 15 is 0 Å². The van der Waals surface area contributed by atoms with Gasteiger partial charge >= 0.3 is 0 Å². The van der Waals surface area contributed by atoms with Gasteiger partial charge in [-0.3, -0.25) is 9.59 Å². The molecule has 1 fully saturated rings. The summed E-state index contributed by atoms with van der Waals surface area (Å²) in [5, 5.41) is 5.39. The number of nitrogens with zero attached hydrogens (tertiary/aromatic N) is 2. The first-order chi connectivity index (χ1) is 14.7. The van der Waals surface area contributed by atoms with Gasteiger partial charge < -0.3 is 15.0 Å². The van der Waals surface area contributed by atoms with Gasteiger partial charge in [-0.05, 0) is 29.3 Å². The molecule has 2 aromatic carbocycles. The molecule has 0 saturated carbocycles. The molecule has 1 aromatic heterocycles. The SMILES string of the molecule is O=C(Nc1nc(-c2ccc3c(c2)CCO3)cs1)[C@@H]1CC(=O)N(Cc2ccccc2)C1. The molecule has 2 amide bonds. The number of aromatic nitrogens is 1. The summed E-state index contributed by atoms with van der Waals surface area (Å²) in [7, 11) is 0. The van der Waals surface area contributed by atoms with Crippen molar-refractivity contribution in [3.05, 3.63) is 65.0 Å². The maximum atomic E-state index is 12.7. The average Bonchev–Trinajstić information content (AvgIpc) is 3.49. The maximum absolute atomic E-state index is 12.7. The molecule has 5 rings (SSSR count). The Balaban J connectivity index is 1.22. The van der Waals surface area contributed by atoms with E-state index in [9.17, 15) is 9.59 Å². The van der Waals surface area contributed by atoms with Gasteiger partial charge in [-0.2, -0.15) is 0 Å². The number of nitrogens with one attached hydrogen (secondary N) is 1. The zero-order valence-corrected chi connectivity index (χ0v) is 17.2. The van der Waals surface area contributed by atoms with Gasteiger partial charge in [0.1, 0.15) is 5.75 Å². The molecule has 0 unspecified atom stereocenters. The van der Waals surface area contributed by atoms with Crippen LogP contribution in [0.1, 0.15) is 17.5 Å². The number of thiazole rings is 1. The molecule has 152 valence electrons. The third-order valence-electron chi connectivity index (χ3n) is 5.52. The Kier molecular flexibility index (Phi) is 4.96. The Bertz CT molecular complexity index is 1100. The molecular formula is C23H21N3O3S. The Morgan fingerprint density at radius 2 is 2.10 bits per heavy atom. The summed E-state index contributed by atoms with van der Waals surface area (Å²) in [5.74, 6) is 0.445. The number of carbonyl (C=O) groups is 2. The van der Waals surface area contributed by atoms with Crippen LogP contribution in [0.4, 0.5) is 5.13 Å². The van der Waals surface area contributed by atoms with Gasteiger partial charge in [0.05, 0.1) is 18.2 Å². The van der Waals surface area contributed by atoms with Crippen LogP contribution in [0.3, 0.4) is 0 Å². The van der Waals surface area contributed by atoms with E-state index in [4.69, 9.17) is 4.74 Å².